The van der Waals surface area contributed by atoms with Gasteiger partial charge in [-0.1, -0.05) is 17.7 Å². The first-order chi connectivity index (χ1) is 11.0. The molecule has 1 aliphatic carbocycles. The predicted molar refractivity (Wildman–Crippen MR) is 95.8 cm³/mol. The topological polar surface area (TPSA) is 72.2 Å². The summed E-state index contributed by atoms with van der Waals surface area (Å²) in [6.07, 6.45) is 1.65. The molecule has 0 saturated carbocycles. The van der Waals surface area contributed by atoms with Gasteiger partial charge in [0.2, 0.25) is 0 Å². The molecule has 7 heteroatoms. The van der Waals surface area contributed by atoms with E-state index in [4.69, 9.17) is 11.6 Å². The van der Waals surface area contributed by atoms with Crippen LogP contribution in [-0.2, 0) is 6.42 Å². The van der Waals surface area contributed by atoms with Crippen LogP contribution in [0.3, 0.4) is 0 Å². The fourth-order valence-corrected chi connectivity index (χ4v) is 3.55. The van der Waals surface area contributed by atoms with E-state index in [0.717, 1.165) is 24.0 Å². The van der Waals surface area contributed by atoms with Crippen molar-refractivity contribution in [2.45, 2.75) is 18.9 Å². The fraction of sp³-hybridized carbons (Fsp3) is 0.188. The van der Waals surface area contributed by atoms with Crippen LogP contribution in [0.5, 0.6) is 0 Å². The van der Waals surface area contributed by atoms with Gasteiger partial charge in [0, 0.05) is 20.7 Å². The molecule has 0 saturated heterocycles. The van der Waals surface area contributed by atoms with Crippen molar-refractivity contribution in [2.75, 3.05) is 0 Å². The number of nitrogens with zero attached hydrogens (tertiary/aromatic N) is 1. The minimum Gasteiger partial charge on any atom is -0.345 e. The number of non-ortho nitro benzene ring substituents is 1. The van der Waals surface area contributed by atoms with Crippen molar-refractivity contribution < 1.29 is 9.72 Å². The van der Waals surface area contributed by atoms with E-state index in [0.29, 0.717) is 14.2 Å². The molecular weight excluding hydrogens is 431 g/mol. The van der Waals surface area contributed by atoms with Gasteiger partial charge in [-0.05, 0) is 64.8 Å². The molecule has 1 atom stereocenters. The Morgan fingerprint density at radius 2 is 2.09 bits per heavy atom. The van der Waals surface area contributed by atoms with Crippen molar-refractivity contribution in [1.82, 2.24) is 5.32 Å². The Morgan fingerprint density at radius 3 is 2.83 bits per heavy atom. The Morgan fingerprint density at radius 1 is 1.30 bits per heavy atom. The Bertz CT molecular complexity index is 810. The van der Waals surface area contributed by atoms with E-state index in [1.807, 2.05) is 40.8 Å². The molecule has 23 heavy (non-hydrogen) atoms. The fourth-order valence-electron chi connectivity index (χ4n) is 2.77. The number of hydrogen-bond acceptors (Lipinski definition) is 3. The van der Waals surface area contributed by atoms with Gasteiger partial charge in [-0.15, -0.1) is 0 Å². The summed E-state index contributed by atoms with van der Waals surface area (Å²) in [4.78, 5) is 22.9. The van der Waals surface area contributed by atoms with Crippen molar-refractivity contribution in [2.24, 2.45) is 0 Å². The number of hydrogen-bond donors (Lipinski definition) is 1. The van der Waals surface area contributed by atoms with Crippen LogP contribution in [0.25, 0.3) is 0 Å². The monoisotopic (exact) mass is 442 g/mol. The van der Waals surface area contributed by atoms with Gasteiger partial charge in [-0.3, -0.25) is 14.9 Å². The maximum absolute atomic E-state index is 12.5. The molecular formula is C16H12ClIN2O3. The normalized spacial score (nSPS) is 16.0. The van der Waals surface area contributed by atoms with Crippen molar-refractivity contribution in [3.8, 4) is 0 Å². The number of halogens is 2. The highest BCUT2D eigenvalue weighted by Gasteiger charge is 2.25. The third-order valence-corrected chi connectivity index (χ3v) is 5.07. The molecule has 0 spiro atoms. The van der Waals surface area contributed by atoms with Gasteiger partial charge in [0.05, 0.1) is 16.5 Å². The average Bonchev–Trinajstić information content (AvgIpc) is 2.89. The maximum atomic E-state index is 12.5. The molecule has 0 radical (unpaired) electrons. The number of amides is 1. The number of fused-ring (bicyclic) bond motifs is 1. The van der Waals surface area contributed by atoms with Crippen LogP contribution < -0.4 is 5.32 Å². The molecule has 0 fully saturated rings. The number of nitrogens with one attached hydrogen (secondary N) is 1. The number of aryl methyl sites for hydroxylation is 1. The van der Waals surface area contributed by atoms with Gasteiger partial charge in [-0.2, -0.15) is 0 Å². The lowest BCUT2D eigenvalue weighted by molar-refractivity contribution is -0.384. The van der Waals surface area contributed by atoms with Gasteiger partial charge in [0.25, 0.3) is 11.6 Å². The summed E-state index contributed by atoms with van der Waals surface area (Å²) in [5.74, 6) is -0.300. The van der Waals surface area contributed by atoms with Crippen LogP contribution in [0.4, 0.5) is 5.69 Å². The zero-order chi connectivity index (χ0) is 16.6. The molecule has 2 aromatic carbocycles. The summed E-state index contributed by atoms with van der Waals surface area (Å²) in [7, 11) is 0. The SMILES string of the molecule is O=C(NC1CCc2cc(Cl)ccc21)c1cc([N+](=O)[O-])ccc1I. The summed E-state index contributed by atoms with van der Waals surface area (Å²) in [5.41, 5.74) is 2.43. The minimum absolute atomic E-state index is 0.0887. The number of benzene rings is 2. The Kier molecular flexibility index (Phi) is 4.54. The highest BCUT2D eigenvalue weighted by molar-refractivity contribution is 14.1. The third kappa shape index (κ3) is 3.32. The molecule has 1 aliphatic rings. The van der Waals surface area contributed by atoms with E-state index < -0.39 is 4.92 Å². The van der Waals surface area contributed by atoms with Gasteiger partial charge in [0.15, 0.2) is 0 Å². The minimum atomic E-state index is -0.500. The van der Waals surface area contributed by atoms with E-state index >= 15 is 0 Å². The second-order valence-electron chi connectivity index (χ2n) is 5.33. The largest absolute Gasteiger partial charge is 0.345 e. The third-order valence-electron chi connectivity index (χ3n) is 3.89. The van der Waals surface area contributed by atoms with Crippen LogP contribution >= 0.6 is 34.2 Å². The van der Waals surface area contributed by atoms with Crippen LogP contribution in [-0.4, -0.2) is 10.8 Å². The summed E-state index contributed by atoms with van der Waals surface area (Å²) in [6, 6.07) is 9.84. The lowest BCUT2D eigenvalue weighted by Gasteiger charge is -2.15. The molecule has 1 N–H and O–H groups in total. The summed E-state index contributed by atoms with van der Waals surface area (Å²) >= 11 is 7.99. The van der Waals surface area contributed by atoms with Crippen molar-refractivity contribution in [3.63, 3.8) is 0 Å². The van der Waals surface area contributed by atoms with Gasteiger partial charge >= 0.3 is 0 Å². The highest BCUT2D eigenvalue weighted by Crippen LogP contribution is 2.33. The van der Waals surface area contributed by atoms with E-state index in [2.05, 4.69) is 5.32 Å². The van der Waals surface area contributed by atoms with Crippen LogP contribution in [0.2, 0.25) is 5.02 Å². The Balaban J connectivity index is 1.84. The predicted octanol–water partition coefficient (Wildman–Crippen LogP) is 4.27. The highest BCUT2D eigenvalue weighted by atomic mass is 127. The zero-order valence-electron chi connectivity index (χ0n) is 11.9. The number of nitro benzene ring substituents is 1. The molecule has 0 heterocycles. The standard InChI is InChI=1S/C16H12ClIN2O3/c17-10-2-4-12-9(7-10)1-6-15(12)19-16(21)13-8-11(20(22)23)3-5-14(13)18/h2-5,7-8,15H,1,6H2,(H,19,21). The van der Waals surface area contributed by atoms with Crippen LogP contribution in [0.15, 0.2) is 36.4 Å². The Hall–Kier alpha value is -1.67. The zero-order valence-corrected chi connectivity index (χ0v) is 14.8. The molecule has 1 amide bonds. The first kappa shape index (κ1) is 16.2. The van der Waals surface area contributed by atoms with Crippen LogP contribution in [0, 0.1) is 13.7 Å². The molecule has 0 aliphatic heterocycles. The summed E-state index contributed by atoms with van der Waals surface area (Å²) in [5, 5.41) is 14.5. The molecule has 0 aromatic heterocycles. The summed E-state index contributed by atoms with van der Waals surface area (Å²) < 4.78 is 0.681. The molecule has 1 unspecified atom stereocenters. The molecule has 2 aromatic rings. The smallest absolute Gasteiger partial charge is 0.270 e. The van der Waals surface area contributed by atoms with Crippen molar-refractivity contribution in [1.29, 1.82) is 0 Å². The Labute approximate surface area is 151 Å². The quantitative estimate of drug-likeness (QED) is 0.438. The first-order valence-corrected chi connectivity index (χ1v) is 8.44. The maximum Gasteiger partial charge on any atom is 0.270 e. The van der Waals surface area contributed by atoms with Gasteiger partial charge in [0.1, 0.15) is 0 Å². The van der Waals surface area contributed by atoms with E-state index in [-0.39, 0.29) is 17.6 Å². The van der Waals surface area contributed by atoms with E-state index in [9.17, 15) is 14.9 Å². The number of rotatable bonds is 3. The number of nitro groups is 1. The number of carbonyl (C=O) groups excluding carboxylic acids is 1. The van der Waals surface area contributed by atoms with Crippen molar-refractivity contribution >= 4 is 45.8 Å². The lowest BCUT2D eigenvalue weighted by atomic mass is 10.1. The van der Waals surface area contributed by atoms with E-state index in [1.54, 1.807) is 6.07 Å². The molecule has 0 bridgehead atoms. The van der Waals surface area contributed by atoms with Crippen molar-refractivity contribution in [3.05, 3.63) is 71.8 Å². The van der Waals surface area contributed by atoms with Crippen LogP contribution in [0.1, 0.15) is 33.9 Å². The lowest BCUT2D eigenvalue weighted by Crippen LogP contribution is -2.27. The summed E-state index contributed by atoms with van der Waals surface area (Å²) in [6.45, 7) is 0. The second-order valence-corrected chi connectivity index (χ2v) is 6.93. The van der Waals surface area contributed by atoms with E-state index in [1.165, 1.54) is 12.1 Å². The number of carbonyl (C=O) groups is 1. The first-order valence-electron chi connectivity index (χ1n) is 6.99. The average molecular weight is 443 g/mol. The molecule has 118 valence electrons. The molecule has 3 rings (SSSR count). The van der Waals surface area contributed by atoms with Gasteiger partial charge in [-0.25, -0.2) is 0 Å². The molecule has 5 nitrogen and oxygen atoms in total. The van der Waals surface area contributed by atoms with Gasteiger partial charge < -0.3 is 5.32 Å². The second kappa shape index (κ2) is 6.45.